The Morgan fingerprint density at radius 3 is 2.37 bits per heavy atom. The first-order valence-electron chi connectivity index (χ1n) is 12.6. The molecule has 7 nitrogen and oxygen atoms in total. The van der Waals surface area contributed by atoms with Gasteiger partial charge in [0.05, 0.1) is 5.69 Å². The van der Waals surface area contributed by atoms with E-state index in [0.717, 1.165) is 24.2 Å². The van der Waals surface area contributed by atoms with Crippen molar-refractivity contribution in [3.05, 3.63) is 118 Å². The maximum Gasteiger partial charge on any atom is 0.410 e. The maximum absolute atomic E-state index is 12.9. The van der Waals surface area contributed by atoms with E-state index in [4.69, 9.17) is 9.47 Å². The number of aromatic nitrogens is 1. The van der Waals surface area contributed by atoms with E-state index in [0.29, 0.717) is 35.8 Å². The second-order valence-corrected chi connectivity index (χ2v) is 9.22. The maximum atomic E-state index is 12.9. The van der Waals surface area contributed by atoms with E-state index in [1.807, 2.05) is 78.9 Å². The fourth-order valence-electron chi connectivity index (χ4n) is 4.65. The summed E-state index contributed by atoms with van der Waals surface area (Å²) in [6.07, 6.45) is 1.23. The van der Waals surface area contributed by atoms with Gasteiger partial charge in [-0.25, -0.2) is 4.79 Å². The molecule has 1 amide bonds. The van der Waals surface area contributed by atoms with Crippen LogP contribution in [0.4, 0.5) is 4.79 Å². The molecule has 0 saturated carbocycles. The molecule has 3 aromatic carbocycles. The van der Waals surface area contributed by atoms with Gasteiger partial charge >= 0.3 is 6.09 Å². The predicted molar refractivity (Wildman–Crippen MR) is 144 cm³/mol. The number of amides is 1. The quantitative estimate of drug-likeness (QED) is 0.336. The van der Waals surface area contributed by atoms with E-state index < -0.39 is 0 Å². The molecule has 0 bridgehead atoms. The van der Waals surface area contributed by atoms with Gasteiger partial charge in [0.15, 0.2) is 5.43 Å². The van der Waals surface area contributed by atoms with Crippen molar-refractivity contribution >= 4 is 6.09 Å². The van der Waals surface area contributed by atoms with Crippen LogP contribution >= 0.6 is 0 Å². The molecular formula is C31H27N3O4. The van der Waals surface area contributed by atoms with Crippen LogP contribution in [0.25, 0.3) is 11.3 Å². The Labute approximate surface area is 220 Å². The van der Waals surface area contributed by atoms with E-state index in [1.165, 1.54) is 6.07 Å². The molecule has 190 valence electrons. The van der Waals surface area contributed by atoms with Crippen LogP contribution in [0.5, 0.6) is 11.5 Å². The summed E-state index contributed by atoms with van der Waals surface area (Å²) in [7, 11) is 0. The monoisotopic (exact) mass is 505 g/mol. The highest BCUT2D eigenvalue weighted by Gasteiger charge is 2.27. The topological polar surface area (TPSA) is 95.4 Å². The van der Waals surface area contributed by atoms with Gasteiger partial charge in [-0.05, 0) is 60.4 Å². The molecule has 1 saturated heterocycles. The summed E-state index contributed by atoms with van der Waals surface area (Å²) in [6, 6.07) is 29.8. The number of hydrogen-bond acceptors (Lipinski definition) is 5. The van der Waals surface area contributed by atoms with Gasteiger partial charge in [0, 0.05) is 30.8 Å². The van der Waals surface area contributed by atoms with Gasteiger partial charge in [-0.3, -0.25) is 4.79 Å². The number of hydrogen-bond donors (Lipinski definition) is 1. The summed E-state index contributed by atoms with van der Waals surface area (Å²) in [6.45, 7) is 1.24. The molecule has 1 aromatic heterocycles. The van der Waals surface area contributed by atoms with Crippen molar-refractivity contribution in [3.8, 4) is 28.8 Å². The summed E-state index contributed by atoms with van der Waals surface area (Å²) >= 11 is 0. The van der Waals surface area contributed by atoms with Gasteiger partial charge in [0.25, 0.3) is 0 Å². The van der Waals surface area contributed by atoms with Gasteiger partial charge < -0.3 is 19.4 Å². The lowest BCUT2D eigenvalue weighted by atomic mass is 9.93. The summed E-state index contributed by atoms with van der Waals surface area (Å²) in [5.41, 5.74) is 2.51. The molecule has 0 aliphatic carbocycles. The average molecular weight is 506 g/mol. The van der Waals surface area contributed by atoms with Gasteiger partial charge in [0.1, 0.15) is 29.7 Å². The molecule has 1 fully saturated rings. The highest BCUT2D eigenvalue weighted by Crippen LogP contribution is 2.30. The molecule has 38 heavy (non-hydrogen) atoms. The van der Waals surface area contributed by atoms with Crippen LogP contribution in [0.3, 0.4) is 0 Å². The van der Waals surface area contributed by atoms with Gasteiger partial charge in [-0.2, -0.15) is 5.26 Å². The largest absolute Gasteiger partial charge is 0.457 e. The van der Waals surface area contributed by atoms with Crippen molar-refractivity contribution in [3.63, 3.8) is 0 Å². The van der Waals surface area contributed by atoms with Gasteiger partial charge in [0.2, 0.25) is 0 Å². The Balaban J connectivity index is 1.33. The molecule has 0 radical (unpaired) electrons. The van der Waals surface area contributed by atoms with Crippen molar-refractivity contribution in [2.24, 2.45) is 0 Å². The normalized spacial score (nSPS) is 14.9. The lowest BCUT2D eigenvalue weighted by Gasteiger charge is -2.32. The fraction of sp³-hybridized carbons (Fsp3) is 0.194. The summed E-state index contributed by atoms with van der Waals surface area (Å²) in [5, 5.41) is 9.72. The predicted octanol–water partition coefficient (Wildman–Crippen LogP) is 6.22. The van der Waals surface area contributed by atoms with Crippen molar-refractivity contribution < 1.29 is 14.3 Å². The van der Waals surface area contributed by atoms with Crippen molar-refractivity contribution in [2.75, 3.05) is 13.1 Å². The zero-order valence-electron chi connectivity index (χ0n) is 20.8. The second-order valence-electron chi connectivity index (χ2n) is 9.22. The molecule has 5 rings (SSSR count). The van der Waals surface area contributed by atoms with Crippen LogP contribution in [0.1, 0.15) is 35.6 Å². The van der Waals surface area contributed by atoms with Crippen LogP contribution in [0.2, 0.25) is 0 Å². The third-order valence-corrected chi connectivity index (χ3v) is 6.61. The number of piperidine rings is 1. The molecule has 2 heterocycles. The summed E-state index contributed by atoms with van der Waals surface area (Å²) in [5.74, 6) is 1.29. The Morgan fingerprint density at radius 1 is 0.974 bits per heavy atom. The third kappa shape index (κ3) is 5.76. The highest BCUT2D eigenvalue weighted by atomic mass is 16.6. The minimum atomic E-state index is -0.372. The number of ether oxygens (including phenoxy) is 2. The Hall–Kier alpha value is -4.83. The molecular weight excluding hydrogens is 478 g/mol. The average Bonchev–Trinajstić information content (AvgIpc) is 2.97. The van der Waals surface area contributed by atoms with E-state index in [9.17, 15) is 14.9 Å². The minimum absolute atomic E-state index is 0.0559. The van der Waals surface area contributed by atoms with Crippen LogP contribution in [-0.4, -0.2) is 29.1 Å². The first-order valence-corrected chi connectivity index (χ1v) is 12.6. The van der Waals surface area contributed by atoms with Crippen LogP contribution in [0, 0.1) is 11.3 Å². The number of benzene rings is 3. The zero-order valence-corrected chi connectivity index (χ0v) is 20.8. The second kappa shape index (κ2) is 11.5. The van der Waals surface area contributed by atoms with E-state index in [-0.39, 0.29) is 29.6 Å². The fourth-order valence-corrected chi connectivity index (χ4v) is 4.65. The molecule has 1 unspecified atom stereocenters. The Morgan fingerprint density at radius 2 is 1.66 bits per heavy atom. The number of nitrogens with zero attached hydrogens (tertiary/aromatic N) is 2. The Bertz CT molecular complexity index is 1490. The number of nitriles is 1. The van der Waals surface area contributed by atoms with Crippen molar-refractivity contribution in [2.45, 2.75) is 25.4 Å². The minimum Gasteiger partial charge on any atom is -0.457 e. The molecule has 4 aromatic rings. The number of H-pyrrole nitrogens is 1. The number of likely N-dealkylation sites (tertiary alicyclic amines) is 1. The van der Waals surface area contributed by atoms with E-state index >= 15 is 0 Å². The van der Waals surface area contributed by atoms with Crippen molar-refractivity contribution in [1.82, 2.24) is 9.88 Å². The standard InChI is InChI=1S/C31H27N3O4/c32-19-27-29(35)18-28(24-10-7-17-34(20-24)31(36)37-21-22-8-3-1-4-9-22)33-30(27)23-13-15-26(16-14-23)38-25-11-5-2-6-12-25/h1-6,8-9,11-16,18,24H,7,10,17,20-21H2,(H,33,35). The Kier molecular flexibility index (Phi) is 7.51. The summed E-state index contributed by atoms with van der Waals surface area (Å²) < 4.78 is 11.4. The van der Waals surface area contributed by atoms with Gasteiger partial charge in [-0.15, -0.1) is 0 Å². The van der Waals surface area contributed by atoms with E-state index in [2.05, 4.69) is 4.98 Å². The molecule has 1 atom stereocenters. The number of carbonyl (C=O) groups excluding carboxylic acids is 1. The molecule has 1 aliphatic heterocycles. The van der Waals surface area contributed by atoms with Crippen LogP contribution < -0.4 is 10.2 Å². The SMILES string of the molecule is N#Cc1c(-c2ccc(Oc3ccccc3)cc2)[nH]c(C2CCCN(C(=O)OCc3ccccc3)C2)cc1=O. The molecule has 0 spiro atoms. The number of rotatable bonds is 6. The molecule has 1 N–H and O–H groups in total. The summed E-state index contributed by atoms with van der Waals surface area (Å²) in [4.78, 5) is 30.7. The molecule has 7 heteroatoms. The van der Waals surface area contributed by atoms with Crippen LogP contribution in [0.15, 0.2) is 95.8 Å². The number of para-hydroxylation sites is 1. The number of aromatic amines is 1. The third-order valence-electron chi connectivity index (χ3n) is 6.61. The van der Waals surface area contributed by atoms with Gasteiger partial charge in [-0.1, -0.05) is 48.5 Å². The zero-order chi connectivity index (χ0) is 26.3. The van der Waals surface area contributed by atoms with E-state index in [1.54, 1.807) is 17.0 Å². The number of carbonyl (C=O) groups is 1. The number of nitrogens with one attached hydrogen (secondary N) is 1. The van der Waals surface area contributed by atoms with Crippen LogP contribution in [-0.2, 0) is 11.3 Å². The first-order chi connectivity index (χ1) is 18.6. The smallest absolute Gasteiger partial charge is 0.410 e. The number of pyridine rings is 1. The lowest BCUT2D eigenvalue weighted by Crippen LogP contribution is -2.39. The lowest BCUT2D eigenvalue weighted by molar-refractivity contribution is 0.0856. The highest BCUT2D eigenvalue weighted by molar-refractivity contribution is 5.69. The first kappa shape index (κ1) is 24.8. The molecule has 1 aliphatic rings. The van der Waals surface area contributed by atoms with Crippen molar-refractivity contribution in [1.29, 1.82) is 5.26 Å².